The molecule has 0 bridgehead atoms. The lowest BCUT2D eigenvalue weighted by Gasteiger charge is -2.36. The highest BCUT2D eigenvalue weighted by Crippen LogP contribution is 2.26. The van der Waals surface area contributed by atoms with E-state index in [9.17, 15) is 9.59 Å². The van der Waals surface area contributed by atoms with Crippen LogP contribution < -0.4 is 10.2 Å². The van der Waals surface area contributed by atoms with Crippen LogP contribution in [-0.4, -0.2) is 61.3 Å². The molecule has 38 heavy (non-hydrogen) atoms. The number of hydrogen-bond acceptors (Lipinski definition) is 6. The van der Waals surface area contributed by atoms with Gasteiger partial charge in [-0.3, -0.25) is 4.79 Å². The van der Waals surface area contributed by atoms with E-state index in [1.54, 1.807) is 4.90 Å². The zero-order chi connectivity index (χ0) is 27.7. The molecule has 1 saturated heterocycles. The van der Waals surface area contributed by atoms with E-state index in [2.05, 4.69) is 46.6 Å². The molecule has 0 aliphatic carbocycles. The molecule has 3 rings (SSSR count). The molecule has 0 aromatic heterocycles. The van der Waals surface area contributed by atoms with Gasteiger partial charge in [0.1, 0.15) is 18.2 Å². The Hall–Kier alpha value is -3.57. The Kier molecular flexibility index (Phi) is 10.1. The predicted octanol–water partition coefficient (Wildman–Crippen LogP) is 4.98. The van der Waals surface area contributed by atoms with E-state index in [0.717, 1.165) is 35.5 Å². The monoisotopic (exact) mass is 520 g/mol. The molecule has 8 nitrogen and oxygen atoms in total. The van der Waals surface area contributed by atoms with E-state index in [4.69, 9.17) is 14.7 Å². The summed E-state index contributed by atoms with van der Waals surface area (Å²) in [5, 5.41) is 11.4. The maximum absolute atomic E-state index is 12.4. The zero-order valence-corrected chi connectivity index (χ0v) is 23.2. The Bertz CT molecular complexity index is 1110. The molecule has 0 spiro atoms. The fourth-order valence-corrected chi connectivity index (χ4v) is 4.30. The lowest BCUT2D eigenvalue weighted by Crippen LogP contribution is -2.50. The Morgan fingerprint density at radius 2 is 1.71 bits per heavy atom. The van der Waals surface area contributed by atoms with Crippen LogP contribution >= 0.6 is 0 Å². The summed E-state index contributed by atoms with van der Waals surface area (Å²) in [6.45, 7) is 12.8. The van der Waals surface area contributed by atoms with Crippen LogP contribution in [0.25, 0.3) is 11.1 Å². The Labute approximate surface area is 226 Å². The van der Waals surface area contributed by atoms with Crippen molar-refractivity contribution in [3.8, 4) is 17.2 Å². The minimum atomic E-state index is -0.595. The number of benzene rings is 2. The molecule has 1 fully saturated rings. The van der Waals surface area contributed by atoms with Crippen molar-refractivity contribution in [1.29, 1.82) is 5.26 Å². The van der Waals surface area contributed by atoms with E-state index in [-0.39, 0.29) is 24.5 Å². The van der Waals surface area contributed by atoms with Gasteiger partial charge in [-0.1, -0.05) is 44.2 Å². The number of nitrogens with zero attached hydrogens (tertiary/aromatic N) is 3. The molecule has 2 amide bonds. The number of ether oxygens (including phenoxy) is 2. The number of nitrogens with one attached hydrogen (secondary N) is 1. The van der Waals surface area contributed by atoms with E-state index in [1.807, 2.05) is 52.8 Å². The van der Waals surface area contributed by atoms with Crippen LogP contribution in [0.5, 0.6) is 0 Å². The van der Waals surface area contributed by atoms with Crippen LogP contribution in [0.4, 0.5) is 10.5 Å². The third kappa shape index (κ3) is 8.77. The summed E-state index contributed by atoms with van der Waals surface area (Å²) in [5.74, 6) is 0.0388. The maximum Gasteiger partial charge on any atom is 0.410 e. The summed E-state index contributed by atoms with van der Waals surface area (Å²) in [5.41, 5.74) is 3.77. The van der Waals surface area contributed by atoms with Crippen LogP contribution in [-0.2, 0) is 20.9 Å². The van der Waals surface area contributed by atoms with Crippen LogP contribution in [0.2, 0.25) is 0 Å². The van der Waals surface area contributed by atoms with Gasteiger partial charge in [-0.2, -0.15) is 5.26 Å². The average molecular weight is 521 g/mol. The van der Waals surface area contributed by atoms with Crippen molar-refractivity contribution in [3.05, 3.63) is 54.1 Å². The molecule has 0 radical (unpaired) electrons. The maximum atomic E-state index is 12.4. The highest BCUT2D eigenvalue weighted by Gasteiger charge is 2.26. The normalized spacial score (nSPS) is 14.7. The van der Waals surface area contributed by atoms with Crippen molar-refractivity contribution < 1.29 is 19.1 Å². The SMILES string of the molecule is CC(C)CC(OCc1cccc(-c2ccc(N3CCN(C(=O)OC(C)(C)C)CC3)cc2)c1)C(=O)NCC#N. The minimum absolute atomic E-state index is 0.0261. The summed E-state index contributed by atoms with van der Waals surface area (Å²) in [7, 11) is 0. The Morgan fingerprint density at radius 3 is 2.32 bits per heavy atom. The van der Waals surface area contributed by atoms with Crippen LogP contribution in [0.3, 0.4) is 0 Å². The molecule has 1 N–H and O–H groups in total. The first-order valence-corrected chi connectivity index (χ1v) is 13.2. The first kappa shape index (κ1) is 29.0. The van der Waals surface area contributed by atoms with Gasteiger partial charge in [-0.05, 0) is 68.0 Å². The number of piperazine rings is 1. The summed E-state index contributed by atoms with van der Waals surface area (Å²) < 4.78 is 11.5. The fourth-order valence-electron chi connectivity index (χ4n) is 4.30. The van der Waals surface area contributed by atoms with E-state index in [0.29, 0.717) is 26.1 Å². The smallest absolute Gasteiger partial charge is 0.410 e. The number of amides is 2. The molecule has 8 heteroatoms. The highest BCUT2D eigenvalue weighted by atomic mass is 16.6. The second-order valence-corrected chi connectivity index (χ2v) is 11.0. The molecular weight excluding hydrogens is 480 g/mol. The molecule has 1 aliphatic heterocycles. The van der Waals surface area contributed by atoms with Gasteiger partial charge in [0.15, 0.2) is 0 Å². The lowest BCUT2D eigenvalue weighted by molar-refractivity contribution is -0.134. The molecule has 1 atom stereocenters. The number of nitriles is 1. The van der Waals surface area contributed by atoms with Crippen molar-refractivity contribution in [1.82, 2.24) is 10.2 Å². The number of carbonyl (C=O) groups is 2. The van der Waals surface area contributed by atoms with Gasteiger partial charge in [0.2, 0.25) is 5.91 Å². The van der Waals surface area contributed by atoms with E-state index in [1.165, 1.54) is 0 Å². The first-order valence-electron chi connectivity index (χ1n) is 13.2. The van der Waals surface area contributed by atoms with Gasteiger partial charge in [-0.25, -0.2) is 4.79 Å². The number of rotatable bonds is 9. The van der Waals surface area contributed by atoms with Crippen molar-refractivity contribution in [2.75, 3.05) is 37.6 Å². The van der Waals surface area contributed by atoms with Crippen molar-refractivity contribution in [3.63, 3.8) is 0 Å². The molecule has 1 heterocycles. The van der Waals surface area contributed by atoms with E-state index < -0.39 is 11.7 Å². The predicted molar refractivity (Wildman–Crippen MR) is 149 cm³/mol. The van der Waals surface area contributed by atoms with Crippen molar-refractivity contribution in [2.45, 2.75) is 59.4 Å². The largest absolute Gasteiger partial charge is 0.444 e. The average Bonchev–Trinajstić information content (AvgIpc) is 2.89. The summed E-state index contributed by atoms with van der Waals surface area (Å²) in [6.07, 6.45) is -0.262. The standard InChI is InChI=1S/C30H40N4O4/c1-22(2)19-27(28(35)32-14-13-31)37-21-23-7-6-8-25(20-23)24-9-11-26(12-10-24)33-15-17-34(18-16-33)29(36)38-30(3,4)5/h6-12,20,22,27H,14-19,21H2,1-5H3,(H,32,35). The summed E-state index contributed by atoms with van der Waals surface area (Å²) >= 11 is 0. The first-order chi connectivity index (χ1) is 18.1. The van der Waals surface area contributed by atoms with Gasteiger partial charge in [0, 0.05) is 31.9 Å². The second-order valence-electron chi connectivity index (χ2n) is 11.0. The highest BCUT2D eigenvalue weighted by molar-refractivity contribution is 5.81. The van der Waals surface area contributed by atoms with Crippen molar-refractivity contribution in [2.24, 2.45) is 5.92 Å². The number of hydrogen-bond donors (Lipinski definition) is 1. The minimum Gasteiger partial charge on any atom is -0.444 e. The quantitative estimate of drug-likeness (QED) is 0.469. The second kappa shape index (κ2) is 13.3. The van der Waals surface area contributed by atoms with Crippen molar-refractivity contribution >= 4 is 17.7 Å². The van der Waals surface area contributed by atoms with Crippen LogP contribution in [0, 0.1) is 17.2 Å². The molecular formula is C30H40N4O4. The third-order valence-electron chi connectivity index (χ3n) is 6.19. The fraction of sp³-hybridized carbons (Fsp3) is 0.500. The Balaban J connectivity index is 1.59. The molecule has 1 unspecified atom stereocenters. The zero-order valence-electron chi connectivity index (χ0n) is 23.2. The number of carbonyl (C=O) groups excluding carboxylic acids is 2. The lowest BCUT2D eigenvalue weighted by atomic mass is 10.0. The third-order valence-corrected chi connectivity index (χ3v) is 6.19. The van der Waals surface area contributed by atoms with E-state index >= 15 is 0 Å². The van der Waals surface area contributed by atoms with Gasteiger partial charge in [0.25, 0.3) is 0 Å². The van der Waals surface area contributed by atoms with Crippen LogP contribution in [0.15, 0.2) is 48.5 Å². The molecule has 0 saturated carbocycles. The number of anilines is 1. The van der Waals surface area contributed by atoms with Gasteiger partial charge >= 0.3 is 6.09 Å². The molecule has 204 valence electrons. The molecule has 2 aromatic rings. The van der Waals surface area contributed by atoms with Gasteiger partial charge < -0.3 is 24.6 Å². The topological polar surface area (TPSA) is 94.9 Å². The van der Waals surface area contributed by atoms with Gasteiger partial charge in [-0.15, -0.1) is 0 Å². The Morgan fingerprint density at radius 1 is 1.03 bits per heavy atom. The van der Waals surface area contributed by atoms with Crippen LogP contribution in [0.1, 0.15) is 46.6 Å². The summed E-state index contributed by atoms with van der Waals surface area (Å²) in [4.78, 5) is 28.8. The molecule has 2 aromatic carbocycles. The summed E-state index contributed by atoms with van der Waals surface area (Å²) in [6, 6.07) is 18.5. The van der Waals surface area contributed by atoms with Gasteiger partial charge in [0.05, 0.1) is 12.7 Å². The molecule has 1 aliphatic rings.